The molecule has 0 atom stereocenters. The minimum Gasteiger partial charge on any atom is -0.256 e. The van der Waals surface area contributed by atoms with Crippen LogP contribution in [-0.2, 0) is 0 Å². The Morgan fingerprint density at radius 2 is 0.415 bits per heavy atom. The standard InChI is InChI=1S/2C39H25N3.C31H21N3/c1-4-10-33-32(9-1)25-38(30-15-13-28(14-16-30)36-23-21-26-7-2-5-11-34(26)40-36)42-39(33)31-19-17-29(18-20-31)37-24-22-27-8-3-6-12-35(27)41-37;1-2-12-35-32(7-1)25-36(28-19-15-26(16-20-28)33-13-3-8-29-10-5-23-40-37(29)33)42-39(35)31-21-17-27(18-22-31)34-14-4-9-30-11-6-24-41-38(30)34;1-2-8-27-26(7-1)21-30(24-13-11-22(12-14-24)28-9-3-5-19-32-28)34-31(27)25-17-15-23(16-18-25)29-10-4-6-20-33-29/h2*1-25H;1-21H. The average molecular weight is 1510 g/mol. The molecule has 22 rings (SSSR count). The van der Waals surface area contributed by atoms with E-state index in [1.165, 1.54) is 10.8 Å². The lowest BCUT2D eigenvalue weighted by Crippen LogP contribution is -1.92. The maximum Gasteiger partial charge on any atom is 0.0787 e. The number of hydrogen-bond donors (Lipinski definition) is 0. The average Bonchev–Trinajstić information content (AvgIpc) is 0.778. The molecule has 0 N–H and O–H groups in total. The fourth-order valence-corrected chi connectivity index (χ4v) is 15.7. The van der Waals surface area contributed by atoms with Gasteiger partial charge in [0.1, 0.15) is 0 Å². The van der Waals surface area contributed by atoms with Crippen LogP contribution in [0.2, 0.25) is 0 Å². The molecule has 13 aromatic carbocycles. The Balaban J connectivity index is 0.000000114. The van der Waals surface area contributed by atoms with Crippen LogP contribution in [0.15, 0.2) is 431 Å². The zero-order valence-corrected chi connectivity index (χ0v) is 64.0. The minimum atomic E-state index is 0.946. The second-order valence-electron chi connectivity index (χ2n) is 29.2. The Hall–Kier alpha value is -16.0. The number of aromatic nitrogens is 9. The summed E-state index contributed by atoms with van der Waals surface area (Å²) >= 11 is 0. The first-order valence-electron chi connectivity index (χ1n) is 39.5. The molecule has 0 spiro atoms. The predicted molar refractivity (Wildman–Crippen MR) is 487 cm³/mol. The number of pyridine rings is 9. The summed E-state index contributed by atoms with van der Waals surface area (Å²) in [5, 5.41) is 11.5. The van der Waals surface area contributed by atoms with E-state index in [2.05, 4.69) is 354 Å². The van der Waals surface area contributed by atoms with Crippen molar-refractivity contribution >= 4 is 75.9 Å². The molecular weight excluding hydrogens is 1440 g/mol. The Labute approximate surface area is 682 Å². The highest BCUT2D eigenvalue weighted by Crippen LogP contribution is 2.40. The first-order chi connectivity index (χ1) is 58.4. The van der Waals surface area contributed by atoms with Gasteiger partial charge in [0.25, 0.3) is 0 Å². The second-order valence-corrected chi connectivity index (χ2v) is 29.2. The van der Waals surface area contributed by atoms with Crippen molar-refractivity contribution in [2.45, 2.75) is 0 Å². The third-order valence-electron chi connectivity index (χ3n) is 21.8. The molecule has 22 aromatic rings. The molecule has 9 aromatic heterocycles. The van der Waals surface area contributed by atoms with Gasteiger partial charge in [-0.2, -0.15) is 0 Å². The predicted octanol–water partition coefficient (Wildman–Crippen LogP) is 27.7. The van der Waals surface area contributed by atoms with E-state index in [-0.39, 0.29) is 0 Å². The maximum atomic E-state index is 5.22. The Kier molecular flexibility index (Phi) is 19.2. The van der Waals surface area contributed by atoms with E-state index in [0.29, 0.717) is 0 Å². The molecule has 0 aliphatic carbocycles. The lowest BCUT2D eigenvalue weighted by molar-refractivity contribution is 1.32. The van der Waals surface area contributed by atoms with Crippen LogP contribution in [0.1, 0.15) is 0 Å². The zero-order chi connectivity index (χ0) is 78.5. The van der Waals surface area contributed by atoms with Crippen LogP contribution in [0.3, 0.4) is 0 Å². The molecule has 552 valence electrons. The normalized spacial score (nSPS) is 11.2. The lowest BCUT2D eigenvalue weighted by Gasteiger charge is -2.12. The molecule has 0 aliphatic heterocycles. The monoisotopic (exact) mass is 1510 g/mol. The van der Waals surface area contributed by atoms with Gasteiger partial charge in [0.2, 0.25) is 0 Å². The van der Waals surface area contributed by atoms with Crippen molar-refractivity contribution in [1.82, 2.24) is 44.9 Å². The molecule has 9 nitrogen and oxygen atoms in total. The topological polar surface area (TPSA) is 116 Å². The van der Waals surface area contributed by atoms with Gasteiger partial charge in [-0.25, -0.2) is 24.9 Å². The number of benzene rings is 13. The van der Waals surface area contributed by atoms with Gasteiger partial charge < -0.3 is 0 Å². The molecular formula is C109H71N9. The van der Waals surface area contributed by atoms with E-state index in [9.17, 15) is 0 Å². The smallest absolute Gasteiger partial charge is 0.0787 e. The quantitative estimate of drug-likeness (QED) is 0.118. The largest absolute Gasteiger partial charge is 0.256 e. The highest BCUT2D eigenvalue weighted by Gasteiger charge is 2.18. The van der Waals surface area contributed by atoms with Crippen molar-refractivity contribution < 1.29 is 0 Å². The van der Waals surface area contributed by atoms with Crippen molar-refractivity contribution in [1.29, 1.82) is 0 Å². The summed E-state index contributed by atoms with van der Waals surface area (Å²) in [6, 6.07) is 141. The third-order valence-corrected chi connectivity index (χ3v) is 21.8. The molecule has 0 radical (unpaired) electrons. The van der Waals surface area contributed by atoms with Gasteiger partial charge in [0, 0.05) is 129 Å². The summed E-state index contributed by atoms with van der Waals surface area (Å²) in [5.74, 6) is 0. The molecule has 0 aliphatic rings. The van der Waals surface area contributed by atoms with Crippen LogP contribution in [0, 0.1) is 0 Å². The Bertz CT molecular complexity index is 7420. The molecule has 0 amide bonds. The fraction of sp³-hybridized carbons (Fsp3) is 0. The second kappa shape index (κ2) is 31.9. The number of rotatable bonds is 12. The summed E-state index contributed by atoms with van der Waals surface area (Å²) in [6.45, 7) is 0. The van der Waals surface area contributed by atoms with Crippen LogP contribution in [-0.4, -0.2) is 44.9 Å². The van der Waals surface area contributed by atoms with Gasteiger partial charge in [0.15, 0.2) is 0 Å². The third kappa shape index (κ3) is 14.6. The van der Waals surface area contributed by atoms with Crippen LogP contribution in [0.25, 0.3) is 211 Å². The van der Waals surface area contributed by atoms with Crippen LogP contribution >= 0.6 is 0 Å². The highest BCUT2D eigenvalue weighted by atomic mass is 14.8. The summed E-state index contributed by atoms with van der Waals surface area (Å²) in [6.07, 6.45) is 7.35. The summed E-state index contributed by atoms with van der Waals surface area (Å²) in [7, 11) is 0. The molecule has 0 bridgehead atoms. The Morgan fingerprint density at radius 3 is 0.763 bits per heavy atom. The molecule has 0 unspecified atom stereocenters. The van der Waals surface area contributed by atoms with Crippen molar-refractivity contribution in [2.75, 3.05) is 0 Å². The van der Waals surface area contributed by atoms with Crippen molar-refractivity contribution in [3.8, 4) is 135 Å². The van der Waals surface area contributed by atoms with Crippen molar-refractivity contribution in [3.63, 3.8) is 0 Å². The summed E-state index contributed by atoms with van der Waals surface area (Å²) < 4.78 is 0. The first kappa shape index (κ1) is 71.1. The Morgan fingerprint density at radius 1 is 0.144 bits per heavy atom. The van der Waals surface area contributed by atoms with E-state index < -0.39 is 0 Å². The summed E-state index contributed by atoms with van der Waals surface area (Å²) in [4.78, 5) is 43.5. The SMILES string of the molecule is c1ccc(-c2ccc(-c3cc4ccccc4c(-c4ccc(-c5ccccn5)cc4)n3)cc2)nc1.c1ccc2c(-c3ccc(-c4cccc5cccnc45)cc3)nc(-c3ccc(-c4cccc5cccnc45)cc3)cc2c1.c1ccc2nc(-c3ccc(-c4cc5ccccc5c(-c5ccc(-c6ccc7ccccc7n6)cc5)n4)cc3)ccc2c1. The van der Waals surface area contributed by atoms with Crippen molar-refractivity contribution in [3.05, 3.63) is 431 Å². The zero-order valence-electron chi connectivity index (χ0n) is 64.0. The number of fused-ring (bicyclic) bond motifs is 7. The van der Waals surface area contributed by atoms with Gasteiger partial charge in [-0.1, -0.05) is 328 Å². The van der Waals surface area contributed by atoms with E-state index in [4.69, 9.17) is 24.9 Å². The summed E-state index contributed by atoms with van der Waals surface area (Å²) in [5.41, 5.74) is 29.1. The van der Waals surface area contributed by atoms with Gasteiger partial charge in [-0.3, -0.25) is 19.9 Å². The van der Waals surface area contributed by atoms with E-state index in [0.717, 1.165) is 200 Å². The van der Waals surface area contributed by atoms with Crippen LogP contribution < -0.4 is 0 Å². The van der Waals surface area contributed by atoms with Gasteiger partial charge in [-0.15, -0.1) is 0 Å². The highest BCUT2D eigenvalue weighted by molar-refractivity contribution is 6.02. The fourth-order valence-electron chi connectivity index (χ4n) is 15.7. The molecule has 9 heterocycles. The number of para-hydroxylation sites is 4. The molecule has 0 saturated carbocycles. The number of hydrogen-bond acceptors (Lipinski definition) is 9. The minimum absolute atomic E-state index is 0.946. The molecule has 9 heteroatoms. The molecule has 118 heavy (non-hydrogen) atoms. The van der Waals surface area contributed by atoms with E-state index >= 15 is 0 Å². The van der Waals surface area contributed by atoms with Crippen molar-refractivity contribution in [2.24, 2.45) is 0 Å². The van der Waals surface area contributed by atoms with Crippen LogP contribution in [0.5, 0.6) is 0 Å². The van der Waals surface area contributed by atoms with Gasteiger partial charge in [-0.05, 0) is 106 Å². The van der Waals surface area contributed by atoms with E-state index in [1.54, 1.807) is 0 Å². The molecule has 0 fully saturated rings. The van der Waals surface area contributed by atoms with Gasteiger partial charge >= 0.3 is 0 Å². The lowest BCUT2D eigenvalue weighted by atomic mass is 9.97. The number of nitrogens with zero attached hydrogens (tertiary/aromatic N) is 9. The van der Waals surface area contributed by atoms with E-state index in [1.807, 2.05) is 97.6 Å². The van der Waals surface area contributed by atoms with Crippen LogP contribution in [0.4, 0.5) is 0 Å². The maximum absolute atomic E-state index is 5.22. The first-order valence-corrected chi connectivity index (χ1v) is 39.5. The van der Waals surface area contributed by atoms with Gasteiger partial charge in [0.05, 0.1) is 79.0 Å². The molecule has 0 saturated heterocycles.